The summed E-state index contributed by atoms with van der Waals surface area (Å²) in [7, 11) is 20.1. The van der Waals surface area contributed by atoms with E-state index in [9.17, 15) is 0 Å². The number of hydrogen-bond acceptors (Lipinski definition) is 4. The molecule has 0 aromatic heterocycles. The SMILES string of the molecule is C1COCCOCCOCCO1.[Cl][Sn]([Cl])([Cl])[Cl]. The molecule has 1 aliphatic heterocycles. The first-order chi connectivity index (χ1) is 8.00. The average Bonchev–Trinajstić information content (AvgIpc) is 2.15. The van der Waals surface area contributed by atoms with Crippen LogP contribution in [-0.4, -0.2) is 66.7 Å². The van der Waals surface area contributed by atoms with Gasteiger partial charge in [-0.3, -0.25) is 0 Å². The topological polar surface area (TPSA) is 36.9 Å². The molecule has 1 aliphatic rings. The van der Waals surface area contributed by atoms with Gasteiger partial charge in [0, 0.05) is 0 Å². The van der Waals surface area contributed by atoms with Crippen molar-refractivity contribution in [2.45, 2.75) is 0 Å². The molecule has 1 heterocycles. The third kappa shape index (κ3) is 23.3. The molecule has 0 atom stereocenters. The van der Waals surface area contributed by atoms with Gasteiger partial charge in [0.05, 0.1) is 52.9 Å². The monoisotopic (exact) mass is 436 g/mol. The van der Waals surface area contributed by atoms with Crippen molar-refractivity contribution >= 4 is 49.6 Å². The van der Waals surface area contributed by atoms with E-state index in [0.717, 1.165) is 0 Å². The molecule has 1 saturated heterocycles. The van der Waals surface area contributed by atoms with Crippen LogP contribution >= 0.6 is 35.7 Å². The summed E-state index contributed by atoms with van der Waals surface area (Å²) in [5, 5.41) is 0. The van der Waals surface area contributed by atoms with E-state index in [1.165, 1.54) is 0 Å². The van der Waals surface area contributed by atoms with Crippen LogP contribution in [0.4, 0.5) is 0 Å². The van der Waals surface area contributed by atoms with E-state index in [4.69, 9.17) is 54.6 Å². The molecule has 9 heteroatoms. The predicted molar refractivity (Wildman–Crippen MR) is 72.4 cm³/mol. The Kier molecular flexibility index (Phi) is 14.2. The zero-order valence-corrected chi connectivity index (χ0v) is 15.2. The zero-order chi connectivity index (χ0) is 13.0. The van der Waals surface area contributed by atoms with Gasteiger partial charge in [-0.2, -0.15) is 0 Å². The van der Waals surface area contributed by atoms with Gasteiger partial charge in [-0.1, -0.05) is 0 Å². The Morgan fingerprint density at radius 1 is 0.471 bits per heavy atom. The summed E-state index contributed by atoms with van der Waals surface area (Å²) in [6.07, 6.45) is 0. The molecule has 0 aromatic rings. The van der Waals surface area contributed by atoms with Crippen molar-refractivity contribution in [3.05, 3.63) is 0 Å². The average molecular weight is 437 g/mol. The summed E-state index contributed by atoms with van der Waals surface area (Å²) in [5.74, 6) is 0. The molecule has 0 unspecified atom stereocenters. The maximum atomic E-state index is 5.22. The van der Waals surface area contributed by atoms with E-state index in [1.54, 1.807) is 0 Å². The van der Waals surface area contributed by atoms with Crippen LogP contribution in [-0.2, 0) is 18.9 Å². The van der Waals surface area contributed by atoms with Crippen LogP contribution in [0.3, 0.4) is 0 Å². The summed E-state index contributed by atoms with van der Waals surface area (Å²) >= 11 is -3.29. The molecule has 0 aliphatic carbocycles. The van der Waals surface area contributed by atoms with Gasteiger partial charge in [0.15, 0.2) is 0 Å². The minimum absolute atomic E-state index is 0.642. The Morgan fingerprint density at radius 2 is 0.588 bits per heavy atom. The Balaban J connectivity index is 0.000000437. The van der Waals surface area contributed by atoms with Crippen LogP contribution < -0.4 is 0 Å². The zero-order valence-electron chi connectivity index (χ0n) is 9.30. The number of hydrogen-bond donors (Lipinski definition) is 0. The van der Waals surface area contributed by atoms with E-state index in [2.05, 4.69) is 0 Å². The van der Waals surface area contributed by atoms with Crippen LogP contribution in [0.25, 0.3) is 0 Å². The van der Waals surface area contributed by atoms with Crippen molar-refractivity contribution in [1.29, 1.82) is 0 Å². The Hall–Kier alpha value is 1.80. The first kappa shape index (κ1) is 18.8. The Morgan fingerprint density at radius 3 is 0.706 bits per heavy atom. The van der Waals surface area contributed by atoms with Gasteiger partial charge in [0.25, 0.3) is 0 Å². The second kappa shape index (κ2) is 12.8. The van der Waals surface area contributed by atoms with Gasteiger partial charge in [-0.15, -0.1) is 0 Å². The normalized spacial score (nSPS) is 20.5. The van der Waals surface area contributed by atoms with Crippen molar-refractivity contribution in [2.24, 2.45) is 0 Å². The van der Waals surface area contributed by atoms with Gasteiger partial charge in [0.1, 0.15) is 0 Å². The van der Waals surface area contributed by atoms with Gasteiger partial charge in [-0.25, -0.2) is 0 Å². The van der Waals surface area contributed by atoms with Crippen LogP contribution in [0, 0.1) is 0 Å². The van der Waals surface area contributed by atoms with Crippen LogP contribution in [0.2, 0.25) is 0 Å². The standard InChI is InChI=1S/C8H16O4.4ClH.Sn/c1-2-10-5-6-12-8-7-11-4-3-9-1;;;;;/h1-8H2;4*1H;/q;;;;;+4/p-4. The fraction of sp³-hybridized carbons (Fsp3) is 1.00. The van der Waals surface area contributed by atoms with E-state index in [1.807, 2.05) is 0 Å². The van der Waals surface area contributed by atoms with E-state index >= 15 is 0 Å². The third-order valence-corrected chi connectivity index (χ3v) is 1.49. The second-order valence-corrected chi connectivity index (χ2v) is 28.3. The van der Waals surface area contributed by atoms with Gasteiger partial charge < -0.3 is 18.9 Å². The van der Waals surface area contributed by atoms with Gasteiger partial charge in [-0.05, 0) is 0 Å². The van der Waals surface area contributed by atoms with Crippen molar-refractivity contribution in [3.8, 4) is 0 Å². The molecule has 0 N–H and O–H groups in total. The first-order valence-corrected chi connectivity index (χ1v) is 19.5. The molecular weight excluding hydrogens is 421 g/mol. The molecule has 0 bridgehead atoms. The number of ether oxygens (including phenoxy) is 4. The quantitative estimate of drug-likeness (QED) is 0.547. The molecule has 1 fully saturated rings. The van der Waals surface area contributed by atoms with E-state index < -0.39 is 13.9 Å². The third-order valence-electron chi connectivity index (χ3n) is 1.49. The molecule has 4 nitrogen and oxygen atoms in total. The molecule has 17 heavy (non-hydrogen) atoms. The molecule has 0 spiro atoms. The summed E-state index contributed by atoms with van der Waals surface area (Å²) in [6, 6.07) is 0. The summed E-state index contributed by atoms with van der Waals surface area (Å²) in [6.45, 7) is 5.14. The molecule has 0 aromatic carbocycles. The molecular formula is C8H16Cl4O4Sn. The molecule has 0 radical (unpaired) electrons. The summed E-state index contributed by atoms with van der Waals surface area (Å²) < 4.78 is 20.9. The van der Waals surface area contributed by atoms with Gasteiger partial charge >= 0.3 is 49.6 Å². The first-order valence-electron chi connectivity index (χ1n) is 5.07. The predicted octanol–water partition coefficient (Wildman–Crippen LogP) is 2.44. The molecule has 0 amide bonds. The van der Waals surface area contributed by atoms with Crippen molar-refractivity contribution in [3.63, 3.8) is 0 Å². The number of halogens is 4. The summed E-state index contributed by atoms with van der Waals surface area (Å²) in [4.78, 5) is 0. The summed E-state index contributed by atoms with van der Waals surface area (Å²) in [5.41, 5.74) is 0. The van der Waals surface area contributed by atoms with Crippen molar-refractivity contribution in [1.82, 2.24) is 0 Å². The Bertz CT molecular complexity index is 121. The maximum absolute atomic E-state index is 5.22. The van der Waals surface area contributed by atoms with E-state index in [0.29, 0.717) is 52.9 Å². The second-order valence-electron chi connectivity index (χ2n) is 2.88. The van der Waals surface area contributed by atoms with Gasteiger partial charge in [0.2, 0.25) is 0 Å². The fourth-order valence-corrected chi connectivity index (χ4v) is 0.880. The van der Waals surface area contributed by atoms with Crippen LogP contribution in [0.15, 0.2) is 0 Å². The Labute approximate surface area is 120 Å². The van der Waals surface area contributed by atoms with Crippen molar-refractivity contribution in [2.75, 3.05) is 52.9 Å². The molecule has 1 rings (SSSR count). The van der Waals surface area contributed by atoms with Crippen LogP contribution in [0.1, 0.15) is 0 Å². The minimum atomic E-state index is -3.29. The molecule has 104 valence electrons. The van der Waals surface area contributed by atoms with Crippen LogP contribution in [0.5, 0.6) is 0 Å². The number of rotatable bonds is 0. The molecule has 0 saturated carbocycles. The van der Waals surface area contributed by atoms with Crippen molar-refractivity contribution < 1.29 is 18.9 Å². The fourth-order valence-electron chi connectivity index (χ4n) is 0.880. The van der Waals surface area contributed by atoms with E-state index in [-0.39, 0.29) is 0 Å².